The van der Waals surface area contributed by atoms with Gasteiger partial charge in [-0.3, -0.25) is 18.7 Å². The summed E-state index contributed by atoms with van der Waals surface area (Å²) in [7, 11) is 2.92. The number of imidazole rings is 1. The number of hydrogen-bond donors (Lipinski definition) is 2. The van der Waals surface area contributed by atoms with Crippen molar-refractivity contribution in [1.82, 2.24) is 24.0 Å². The molecule has 0 aliphatic carbocycles. The van der Waals surface area contributed by atoms with E-state index in [0.717, 1.165) is 10.1 Å². The predicted octanol–water partition coefficient (Wildman–Crippen LogP) is -0.750. The van der Waals surface area contributed by atoms with Crippen LogP contribution in [0.1, 0.15) is 11.6 Å². The Morgan fingerprint density at radius 1 is 1.19 bits per heavy atom. The lowest BCUT2D eigenvalue weighted by Crippen LogP contribution is -2.38. The first kappa shape index (κ1) is 17.6. The van der Waals surface area contributed by atoms with Crippen molar-refractivity contribution in [2.24, 2.45) is 19.8 Å². The van der Waals surface area contributed by atoms with Gasteiger partial charge in [0.2, 0.25) is 5.91 Å². The summed E-state index contributed by atoms with van der Waals surface area (Å²) >= 11 is 0. The zero-order valence-corrected chi connectivity index (χ0v) is 14.5. The van der Waals surface area contributed by atoms with Gasteiger partial charge in [-0.1, -0.05) is 30.3 Å². The molecule has 2 heterocycles. The fourth-order valence-electron chi connectivity index (χ4n) is 2.77. The Kier molecular flexibility index (Phi) is 4.72. The summed E-state index contributed by atoms with van der Waals surface area (Å²) in [6.45, 7) is 0.178. The molecule has 1 amide bonds. The van der Waals surface area contributed by atoms with Crippen LogP contribution in [0.2, 0.25) is 0 Å². The summed E-state index contributed by atoms with van der Waals surface area (Å²) in [6, 6.07) is 9.12. The summed E-state index contributed by atoms with van der Waals surface area (Å²) in [5.41, 5.74) is 6.47. The molecule has 3 rings (SSSR count). The van der Waals surface area contributed by atoms with E-state index in [1.165, 1.54) is 29.6 Å². The molecule has 0 saturated heterocycles. The lowest BCUT2D eigenvalue weighted by atomic mass is 10.1. The average Bonchev–Trinajstić information content (AvgIpc) is 3.07. The maximum absolute atomic E-state index is 12.4. The second-order valence-electron chi connectivity index (χ2n) is 6.07. The number of aromatic nitrogens is 4. The van der Waals surface area contributed by atoms with Crippen molar-refractivity contribution in [1.29, 1.82) is 0 Å². The van der Waals surface area contributed by atoms with Gasteiger partial charge in [0.05, 0.1) is 6.33 Å². The zero-order chi connectivity index (χ0) is 18.8. The number of carbonyl (C=O) groups excluding carboxylic acids is 1. The molecule has 0 spiro atoms. The Balaban J connectivity index is 1.76. The van der Waals surface area contributed by atoms with Crippen LogP contribution in [0.5, 0.6) is 0 Å². The maximum Gasteiger partial charge on any atom is 0.332 e. The highest BCUT2D eigenvalue weighted by Gasteiger charge is 2.16. The molecule has 3 aromatic rings. The van der Waals surface area contributed by atoms with Crippen LogP contribution >= 0.6 is 0 Å². The van der Waals surface area contributed by atoms with Gasteiger partial charge in [-0.15, -0.1) is 0 Å². The largest absolute Gasteiger partial charge is 0.353 e. The third-order valence-corrected chi connectivity index (χ3v) is 4.28. The van der Waals surface area contributed by atoms with Crippen molar-refractivity contribution in [3.05, 3.63) is 63.1 Å². The van der Waals surface area contributed by atoms with Crippen LogP contribution in [-0.2, 0) is 25.4 Å². The number of carbonyl (C=O) groups is 1. The molecule has 0 saturated carbocycles. The minimum atomic E-state index is -0.491. The number of nitrogens with two attached hydrogens (primary N) is 1. The predicted molar refractivity (Wildman–Crippen MR) is 96.6 cm³/mol. The van der Waals surface area contributed by atoms with Gasteiger partial charge in [0.1, 0.15) is 6.54 Å². The Labute approximate surface area is 148 Å². The van der Waals surface area contributed by atoms with E-state index in [1.54, 1.807) is 0 Å². The monoisotopic (exact) mass is 356 g/mol. The number of aryl methyl sites for hydroxylation is 1. The number of hydrogen-bond acceptors (Lipinski definition) is 5. The Morgan fingerprint density at radius 2 is 1.88 bits per heavy atom. The van der Waals surface area contributed by atoms with Gasteiger partial charge in [-0.25, -0.2) is 9.78 Å². The Morgan fingerprint density at radius 3 is 2.58 bits per heavy atom. The fraction of sp³-hybridized carbons (Fsp3) is 0.294. The highest BCUT2D eigenvalue weighted by atomic mass is 16.2. The minimum absolute atomic E-state index is 0.0918. The van der Waals surface area contributed by atoms with Crippen LogP contribution in [0.4, 0.5) is 0 Å². The second-order valence-corrected chi connectivity index (χ2v) is 6.07. The SMILES string of the molecule is Cn1c(=O)c2c(ncn2CC(=O)NCC(N)c2ccccc2)n(C)c1=O. The summed E-state index contributed by atoms with van der Waals surface area (Å²) in [5, 5.41) is 2.75. The highest BCUT2D eigenvalue weighted by molar-refractivity contribution is 5.78. The van der Waals surface area contributed by atoms with E-state index in [9.17, 15) is 14.4 Å². The summed E-state index contributed by atoms with van der Waals surface area (Å²) in [4.78, 5) is 40.6. The van der Waals surface area contributed by atoms with Crippen LogP contribution in [0.3, 0.4) is 0 Å². The number of fused-ring (bicyclic) bond motifs is 1. The lowest BCUT2D eigenvalue weighted by molar-refractivity contribution is -0.121. The molecule has 0 bridgehead atoms. The molecule has 0 aliphatic rings. The first-order valence-corrected chi connectivity index (χ1v) is 8.08. The van der Waals surface area contributed by atoms with Crippen LogP contribution in [0, 0.1) is 0 Å². The van der Waals surface area contributed by atoms with Gasteiger partial charge in [-0.05, 0) is 5.56 Å². The van der Waals surface area contributed by atoms with Gasteiger partial charge < -0.3 is 15.6 Å². The van der Waals surface area contributed by atoms with E-state index in [4.69, 9.17) is 5.73 Å². The minimum Gasteiger partial charge on any atom is -0.353 e. The highest BCUT2D eigenvalue weighted by Crippen LogP contribution is 2.08. The molecule has 0 aliphatic heterocycles. The van der Waals surface area contributed by atoms with Gasteiger partial charge in [0.25, 0.3) is 5.56 Å². The fourth-order valence-corrected chi connectivity index (χ4v) is 2.77. The zero-order valence-electron chi connectivity index (χ0n) is 14.5. The van der Waals surface area contributed by atoms with Crippen LogP contribution in [-0.4, -0.2) is 31.1 Å². The average molecular weight is 356 g/mol. The molecular weight excluding hydrogens is 336 g/mol. The molecule has 3 N–H and O–H groups in total. The molecular formula is C17H20N6O3. The molecule has 26 heavy (non-hydrogen) atoms. The summed E-state index contributed by atoms with van der Waals surface area (Å²) < 4.78 is 3.70. The first-order valence-electron chi connectivity index (χ1n) is 8.08. The number of benzene rings is 1. The van der Waals surface area contributed by atoms with Gasteiger partial charge in [0.15, 0.2) is 11.2 Å². The molecule has 9 heteroatoms. The van der Waals surface area contributed by atoms with Gasteiger partial charge >= 0.3 is 5.69 Å². The molecule has 1 aromatic carbocycles. The number of nitrogens with zero attached hydrogens (tertiary/aromatic N) is 4. The number of amides is 1. The van der Waals surface area contributed by atoms with Crippen LogP contribution in [0.25, 0.3) is 11.2 Å². The smallest absolute Gasteiger partial charge is 0.332 e. The van der Waals surface area contributed by atoms with E-state index in [0.29, 0.717) is 0 Å². The van der Waals surface area contributed by atoms with Crippen molar-refractivity contribution >= 4 is 17.1 Å². The number of rotatable bonds is 5. The Bertz CT molecular complexity index is 1060. The van der Waals surface area contributed by atoms with Crippen molar-refractivity contribution in [2.45, 2.75) is 12.6 Å². The molecule has 1 unspecified atom stereocenters. The second kappa shape index (κ2) is 6.96. The number of nitrogens with one attached hydrogen (secondary N) is 1. The van der Waals surface area contributed by atoms with E-state index < -0.39 is 11.2 Å². The van der Waals surface area contributed by atoms with E-state index in [1.807, 2.05) is 30.3 Å². The summed E-state index contributed by atoms with van der Waals surface area (Å²) in [6.07, 6.45) is 1.38. The van der Waals surface area contributed by atoms with Crippen molar-refractivity contribution in [3.63, 3.8) is 0 Å². The normalized spacial score (nSPS) is 12.3. The lowest BCUT2D eigenvalue weighted by Gasteiger charge is -2.13. The van der Waals surface area contributed by atoms with Gasteiger partial charge in [-0.2, -0.15) is 0 Å². The molecule has 136 valence electrons. The summed E-state index contributed by atoms with van der Waals surface area (Å²) in [5.74, 6) is -0.299. The molecule has 9 nitrogen and oxygen atoms in total. The third kappa shape index (κ3) is 3.16. The first-order chi connectivity index (χ1) is 12.4. The van der Waals surface area contributed by atoms with E-state index in [2.05, 4.69) is 10.3 Å². The quantitative estimate of drug-likeness (QED) is 0.624. The van der Waals surface area contributed by atoms with Crippen molar-refractivity contribution in [2.75, 3.05) is 6.54 Å². The Hall–Kier alpha value is -3.20. The molecule has 0 radical (unpaired) electrons. The maximum atomic E-state index is 12.4. The van der Waals surface area contributed by atoms with E-state index >= 15 is 0 Å². The molecule has 0 fully saturated rings. The third-order valence-electron chi connectivity index (χ3n) is 4.28. The van der Waals surface area contributed by atoms with Crippen molar-refractivity contribution in [3.8, 4) is 0 Å². The van der Waals surface area contributed by atoms with Crippen molar-refractivity contribution < 1.29 is 4.79 Å². The molecule has 1 atom stereocenters. The standard InChI is InChI=1S/C17H20N6O3/c1-21-15-14(16(25)22(2)17(21)26)23(10-20-15)9-13(24)19-8-12(18)11-6-4-3-5-7-11/h3-7,10,12H,8-9,18H2,1-2H3,(H,19,24). The topological polar surface area (TPSA) is 117 Å². The van der Waals surface area contributed by atoms with Gasteiger partial charge in [0, 0.05) is 26.7 Å². The molecule has 2 aromatic heterocycles. The van der Waals surface area contributed by atoms with Crippen LogP contribution in [0.15, 0.2) is 46.2 Å². The van der Waals surface area contributed by atoms with E-state index in [-0.39, 0.29) is 36.2 Å². The van der Waals surface area contributed by atoms with Crippen LogP contribution < -0.4 is 22.3 Å².